The summed E-state index contributed by atoms with van der Waals surface area (Å²) >= 11 is 0. The summed E-state index contributed by atoms with van der Waals surface area (Å²) in [4.78, 5) is 11.2. The van der Waals surface area contributed by atoms with Crippen molar-refractivity contribution in [1.82, 2.24) is 0 Å². The number of hydrogen-bond acceptors (Lipinski definition) is 3. The van der Waals surface area contributed by atoms with Crippen LogP contribution < -0.4 is 0 Å². The van der Waals surface area contributed by atoms with Gasteiger partial charge in [-0.15, -0.1) is 0 Å². The smallest absolute Gasteiger partial charge is 0.364 e. The number of carboxylic acid groups (broad SMARTS) is 1. The minimum absolute atomic E-state index is 0.0132. The number of carbonyl (C=O) groups is 1. The lowest BCUT2D eigenvalue weighted by atomic mass is 9.44. The van der Waals surface area contributed by atoms with Gasteiger partial charge in [0.25, 0.3) is 5.79 Å². The van der Waals surface area contributed by atoms with Crippen molar-refractivity contribution in [2.45, 2.75) is 97.2 Å². The number of aliphatic carboxylic acids is 1. The first-order valence-corrected chi connectivity index (χ1v) is 11.8. The second-order valence-corrected chi connectivity index (χ2v) is 11.4. The molecule has 4 fully saturated rings. The highest BCUT2D eigenvalue weighted by molar-refractivity contribution is 5.74. The van der Waals surface area contributed by atoms with E-state index in [0.717, 1.165) is 30.1 Å². The van der Waals surface area contributed by atoms with E-state index in [2.05, 4.69) is 13.8 Å². The van der Waals surface area contributed by atoms with E-state index >= 15 is 0 Å². The first-order valence-electron chi connectivity index (χ1n) is 11.8. The second-order valence-electron chi connectivity index (χ2n) is 11.4. The molecule has 3 N–H and O–H groups in total. The lowest BCUT2D eigenvalue weighted by molar-refractivity contribution is -0.211. The molecule has 28 heavy (non-hydrogen) atoms. The van der Waals surface area contributed by atoms with Crippen LogP contribution in [0.1, 0.15) is 91.4 Å². The highest BCUT2D eigenvalue weighted by Crippen LogP contribution is 2.68. The highest BCUT2D eigenvalue weighted by Gasteiger charge is 2.60. The van der Waals surface area contributed by atoms with Crippen molar-refractivity contribution in [1.29, 1.82) is 0 Å². The quantitative estimate of drug-likeness (QED) is 0.599. The van der Waals surface area contributed by atoms with E-state index in [9.17, 15) is 15.0 Å². The zero-order valence-corrected chi connectivity index (χ0v) is 18.0. The average molecular weight is 393 g/mol. The van der Waals surface area contributed by atoms with E-state index in [4.69, 9.17) is 5.11 Å². The summed E-state index contributed by atoms with van der Waals surface area (Å²) in [5, 5.41) is 28.9. The van der Waals surface area contributed by atoms with Crippen molar-refractivity contribution in [2.24, 2.45) is 46.3 Å². The lowest BCUT2D eigenvalue weighted by Gasteiger charge is -2.61. The number of carboxylic acids is 1. The summed E-state index contributed by atoms with van der Waals surface area (Å²) < 4.78 is 0. The van der Waals surface area contributed by atoms with Crippen molar-refractivity contribution in [3.05, 3.63) is 0 Å². The van der Waals surface area contributed by atoms with Gasteiger partial charge in [-0.3, -0.25) is 0 Å². The van der Waals surface area contributed by atoms with E-state index in [1.165, 1.54) is 57.8 Å². The Morgan fingerprint density at radius 3 is 2.39 bits per heavy atom. The van der Waals surface area contributed by atoms with E-state index in [1.807, 2.05) is 6.92 Å². The van der Waals surface area contributed by atoms with Crippen LogP contribution in [0.5, 0.6) is 0 Å². The van der Waals surface area contributed by atoms with Crippen LogP contribution in [0.15, 0.2) is 0 Å². The van der Waals surface area contributed by atoms with Crippen molar-refractivity contribution < 1.29 is 20.1 Å². The molecule has 4 saturated carbocycles. The topological polar surface area (TPSA) is 77.8 Å². The molecule has 4 nitrogen and oxygen atoms in total. The molecule has 4 heteroatoms. The maximum absolute atomic E-state index is 11.2. The number of rotatable bonds is 4. The lowest BCUT2D eigenvalue weighted by Crippen LogP contribution is -2.53. The third kappa shape index (κ3) is 3.05. The zero-order valence-electron chi connectivity index (χ0n) is 18.0. The van der Waals surface area contributed by atoms with Gasteiger partial charge in [-0.1, -0.05) is 33.6 Å². The first kappa shape index (κ1) is 20.7. The minimum Gasteiger partial charge on any atom is -0.477 e. The fourth-order valence-electron chi connectivity index (χ4n) is 8.95. The Balaban J connectivity index is 1.53. The van der Waals surface area contributed by atoms with Crippen molar-refractivity contribution in [3.8, 4) is 0 Å². The number of fused-ring (bicyclic) bond motifs is 5. The summed E-state index contributed by atoms with van der Waals surface area (Å²) in [5.41, 5.74) is 0.772. The van der Waals surface area contributed by atoms with Gasteiger partial charge < -0.3 is 15.3 Å². The van der Waals surface area contributed by atoms with Crippen LogP contribution in [-0.2, 0) is 4.79 Å². The van der Waals surface area contributed by atoms with Gasteiger partial charge in [0.15, 0.2) is 0 Å². The van der Waals surface area contributed by atoms with E-state index < -0.39 is 11.8 Å². The molecular weight excluding hydrogens is 352 g/mol. The van der Waals surface area contributed by atoms with Gasteiger partial charge in [0.05, 0.1) is 0 Å². The molecule has 0 aliphatic heterocycles. The number of aliphatic hydroxyl groups is 2. The fourth-order valence-corrected chi connectivity index (χ4v) is 8.95. The molecule has 4 aliphatic rings. The van der Waals surface area contributed by atoms with Gasteiger partial charge in [0.2, 0.25) is 0 Å². The van der Waals surface area contributed by atoms with Crippen LogP contribution in [0.3, 0.4) is 0 Å². The molecule has 0 amide bonds. The zero-order chi connectivity index (χ0) is 20.3. The first-order chi connectivity index (χ1) is 13.1. The predicted octanol–water partition coefficient (Wildman–Crippen LogP) is 4.83. The molecule has 1 unspecified atom stereocenters. The van der Waals surface area contributed by atoms with Crippen molar-refractivity contribution in [2.75, 3.05) is 0 Å². The van der Waals surface area contributed by atoms with Gasteiger partial charge in [-0.25, -0.2) is 4.79 Å². The Kier molecular flexibility index (Phi) is 5.14. The molecule has 0 spiro atoms. The summed E-state index contributed by atoms with van der Waals surface area (Å²) in [6.07, 6.45) is 13.3. The molecule has 8 atom stereocenters. The Morgan fingerprint density at radius 1 is 0.964 bits per heavy atom. The molecule has 160 valence electrons. The van der Waals surface area contributed by atoms with Crippen LogP contribution in [-0.4, -0.2) is 27.1 Å². The molecule has 0 saturated heterocycles. The Morgan fingerprint density at radius 2 is 1.68 bits per heavy atom. The largest absolute Gasteiger partial charge is 0.477 e. The molecule has 0 aromatic carbocycles. The van der Waals surface area contributed by atoms with Crippen LogP contribution in [0.4, 0.5) is 0 Å². The van der Waals surface area contributed by atoms with E-state index in [0.29, 0.717) is 11.3 Å². The predicted molar refractivity (Wildman–Crippen MR) is 108 cm³/mol. The summed E-state index contributed by atoms with van der Waals surface area (Å²) in [7, 11) is 0. The number of hydrogen-bond donors (Lipinski definition) is 3. The van der Waals surface area contributed by atoms with Crippen molar-refractivity contribution in [3.63, 3.8) is 0 Å². The summed E-state index contributed by atoms with van der Waals surface area (Å²) in [5.74, 6) is -0.356. The van der Waals surface area contributed by atoms with Gasteiger partial charge >= 0.3 is 5.97 Å². The van der Waals surface area contributed by atoms with E-state index in [-0.39, 0.29) is 17.8 Å². The molecule has 0 aromatic rings. The third-order valence-electron chi connectivity index (χ3n) is 10.3. The molecule has 0 heterocycles. The minimum atomic E-state index is -2.60. The average Bonchev–Trinajstić information content (AvgIpc) is 2.98. The SMILES string of the molecule is C[C@H](CC(O)(O)C(=O)O)[C@H]1CC[C@H]2[C@@H]3CCC4CCCC[C@]4(C)[C@H]3CC[C@]12C. The maximum atomic E-state index is 11.2. The highest BCUT2D eigenvalue weighted by atomic mass is 16.5. The van der Waals surface area contributed by atoms with Crippen LogP contribution in [0, 0.1) is 46.3 Å². The summed E-state index contributed by atoms with van der Waals surface area (Å²) in [6, 6.07) is 0. The van der Waals surface area contributed by atoms with Gasteiger partial charge in [-0.05, 0) is 97.7 Å². The second kappa shape index (κ2) is 6.97. The molecule has 0 radical (unpaired) electrons. The monoisotopic (exact) mass is 392 g/mol. The Hall–Kier alpha value is -0.610. The van der Waals surface area contributed by atoms with Crippen molar-refractivity contribution >= 4 is 5.97 Å². The molecule has 0 aromatic heterocycles. The fraction of sp³-hybridized carbons (Fsp3) is 0.958. The maximum Gasteiger partial charge on any atom is 0.364 e. The Labute approximate surface area is 170 Å². The normalized spacial score (nSPS) is 47.0. The van der Waals surface area contributed by atoms with Gasteiger partial charge in [0.1, 0.15) is 0 Å². The molecule has 0 bridgehead atoms. The van der Waals surface area contributed by atoms with Crippen LogP contribution >= 0.6 is 0 Å². The molecular formula is C24H40O4. The summed E-state index contributed by atoms with van der Waals surface area (Å²) in [6.45, 7) is 7.08. The van der Waals surface area contributed by atoms with Crippen LogP contribution in [0.25, 0.3) is 0 Å². The molecule has 4 rings (SSSR count). The Bertz CT molecular complexity index is 616. The van der Waals surface area contributed by atoms with Gasteiger partial charge in [0, 0.05) is 6.42 Å². The van der Waals surface area contributed by atoms with E-state index in [1.54, 1.807) is 0 Å². The standard InChI is InChI=1S/C24H40O4/c1-15(14-24(27,28)21(25)26)18-9-10-19-17-8-7-16-6-4-5-12-22(16,2)20(17)11-13-23(18,19)3/h15-20,27-28H,4-14H2,1-3H3,(H,25,26)/t15-,16?,17+,18-,19+,20+,22+,23-/m1/s1. The third-order valence-corrected chi connectivity index (χ3v) is 10.3. The van der Waals surface area contributed by atoms with Crippen LogP contribution in [0.2, 0.25) is 0 Å². The van der Waals surface area contributed by atoms with Gasteiger partial charge in [-0.2, -0.15) is 0 Å². The molecule has 4 aliphatic carbocycles.